The van der Waals surface area contributed by atoms with Crippen molar-refractivity contribution in [3.8, 4) is 0 Å². The molecule has 33 heavy (non-hydrogen) atoms. The predicted molar refractivity (Wildman–Crippen MR) is 127 cm³/mol. The molecule has 1 aromatic rings. The monoisotopic (exact) mass is 460 g/mol. The van der Waals surface area contributed by atoms with E-state index in [4.69, 9.17) is 9.47 Å². The number of hydrogen-bond acceptors (Lipinski definition) is 6. The minimum absolute atomic E-state index is 0.0202. The van der Waals surface area contributed by atoms with Gasteiger partial charge >= 0.3 is 5.97 Å². The first-order valence-electron chi connectivity index (χ1n) is 12.2. The normalized spacial score (nSPS) is 23.7. The molecule has 6 heteroatoms. The number of rotatable bonds is 15. The number of carbonyl (C=O) groups excluding carboxylic acids is 2. The van der Waals surface area contributed by atoms with Crippen LogP contribution in [0.1, 0.15) is 70.8 Å². The highest BCUT2D eigenvalue weighted by Crippen LogP contribution is 2.38. The van der Waals surface area contributed by atoms with E-state index in [1.165, 1.54) is 5.56 Å². The molecule has 1 aliphatic carbocycles. The molecule has 1 aromatic carbocycles. The van der Waals surface area contributed by atoms with Gasteiger partial charge in [0.1, 0.15) is 6.10 Å². The Morgan fingerprint density at radius 3 is 2.52 bits per heavy atom. The number of esters is 1. The smallest absolute Gasteiger partial charge is 0.306 e. The van der Waals surface area contributed by atoms with Gasteiger partial charge < -0.3 is 19.7 Å². The SMILES string of the molecule is CC(C)OC(=O)CCC/C=C\C[C@@H]1C(CC[C@@H](CCc2ccccc2)OC=O)[C@H](O)C[C@@H]1O. The quantitative estimate of drug-likeness (QED) is 0.175. The minimum atomic E-state index is -0.546. The summed E-state index contributed by atoms with van der Waals surface area (Å²) in [6.45, 7) is 4.19. The molecule has 1 aliphatic rings. The van der Waals surface area contributed by atoms with E-state index in [-0.39, 0.29) is 30.0 Å². The van der Waals surface area contributed by atoms with Gasteiger partial charge in [0.15, 0.2) is 0 Å². The van der Waals surface area contributed by atoms with Crippen LogP contribution in [0, 0.1) is 11.8 Å². The van der Waals surface area contributed by atoms with E-state index in [0.29, 0.717) is 38.6 Å². The van der Waals surface area contributed by atoms with Crippen molar-refractivity contribution in [2.45, 2.75) is 96.1 Å². The van der Waals surface area contributed by atoms with E-state index >= 15 is 0 Å². The van der Waals surface area contributed by atoms with E-state index in [9.17, 15) is 19.8 Å². The number of ether oxygens (including phenoxy) is 2. The summed E-state index contributed by atoms with van der Waals surface area (Å²) in [6, 6.07) is 10.1. The van der Waals surface area contributed by atoms with Crippen LogP contribution in [0.5, 0.6) is 0 Å². The number of hydrogen-bond donors (Lipinski definition) is 2. The highest BCUT2D eigenvalue weighted by atomic mass is 16.5. The number of aliphatic hydroxyl groups excluding tert-OH is 2. The Morgan fingerprint density at radius 2 is 1.82 bits per heavy atom. The van der Waals surface area contributed by atoms with Crippen LogP contribution in [0.2, 0.25) is 0 Å². The van der Waals surface area contributed by atoms with E-state index in [0.717, 1.165) is 25.7 Å². The summed E-state index contributed by atoms with van der Waals surface area (Å²) in [5.74, 6) is -0.222. The molecule has 6 nitrogen and oxygen atoms in total. The number of benzene rings is 1. The van der Waals surface area contributed by atoms with E-state index in [1.807, 2.05) is 44.2 Å². The van der Waals surface area contributed by atoms with Gasteiger partial charge in [-0.3, -0.25) is 9.59 Å². The average molecular weight is 461 g/mol. The van der Waals surface area contributed by atoms with Crippen molar-refractivity contribution in [2.75, 3.05) is 0 Å². The Hall–Kier alpha value is -2.18. The van der Waals surface area contributed by atoms with Gasteiger partial charge in [0.2, 0.25) is 0 Å². The van der Waals surface area contributed by atoms with Gasteiger partial charge in [-0.25, -0.2) is 0 Å². The summed E-state index contributed by atoms with van der Waals surface area (Å²) in [4.78, 5) is 22.6. The number of carbonyl (C=O) groups is 2. The standard InChI is InChI=1S/C27H40O6/c1-20(2)33-27(31)13-9-4-3-8-12-23-24(26(30)18-25(23)29)17-16-22(32-19-28)15-14-21-10-6-5-7-11-21/h3,5-8,10-11,19-20,22-26,29-30H,4,9,12-18H2,1-2H3/b8-3-/t22-,23-,24?,25+,26-/m1/s1. The maximum Gasteiger partial charge on any atom is 0.306 e. The molecule has 0 heterocycles. The molecule has 0 amide bonds. The number of unbranched alkanes of at least 4 members (excludes halogenated alkanes) is 1. The minimum Gasteiger partial charge on any atom is -0.465 e. The van der Waals surface area contributed by atoms with Crippen LogP contribution >= 0.6 is 0 Å². The summed E-state index contributed by atoms with van der Waals surface area (Å²) in [6.07, 6.45) is 8.60. The van der Waals surface area contributed by atoms with Crippen LogP contribution in [-0.4, -0.2) is 47.1 Å². The molecule has 0 aromatic heterocycles. The van der Waals surface area contributed by atoms with Gasteiger partial charge in [-0.05, 0) is 82.6 Å². The maximum atomic E-state index is 11.6. The molecule has 0 saturated heterocycles. The predicted octanol–water partition coefficient (Wildman–Crippen LogP) is 4.37. The topological polar surface area (TPSA) is 93.1 Å². The van der Waals surface area contributed by atoms with Crippen LogP contribution in [0.25, 0.3) is 0 Å². The molecule has 1 fully saturated rings. The lowest BCUT2D eigenvalue weighted by Crippen LogP contribution is -2.24. The molecule has 1 unspecified atom stereocenters. The van der Waals surface area contributed by atoms with Gasteiger partial charge in [0.25, 0.3) is 6.47 Å². The van der Waals surface area contributed by atoms with Crippen molar-refractivity contribution in [1.29, 1.82) is 0 Å². The second kappa shape index (κ2) is 14.9. The zero-order valence-corrected chi connectivity index (χ0v) is 20.0. The van der Waals surface area contributed by atoms with Crippen LogP contribution in [0.3, 0.4) is 0 Å². The van der Waals surface area contributed by atoms with Crippen LogP contribution in [-0.2, 0) is 25.5 Å². The lowest BCUT2D eigenvalue weighted by Gasteiger charge is -2.24. The Balaban J connectivity index is 1.78. The number of aliphatic hydroxyl groups is 2. The zero-order valence-electron chi connectivity index (χ0n) is 20.0. The molecule has 2 rings (SSSR count). The van der Waals surface area contributed by atoms with Crippen LogP contribution in [0.15, 0.2) is 42.5 Å². The fourth-order valence-electron chi connectivity index (χ4n) is 4.67. The Labute approximate surface area is 198 Å². The van der Waals surface area contributed by atoms with Gasteiger partial charge in [0.05, 0.1) is 18.3 Å². The lowest BCUT2D eigenvalue weighted by molar-refractivity contribution is -0.147. The van der Waals surface area contributed by atoms with Crippen LogP contribution < -0.4 is 0 Å². The van der Waals surface area contributed by atoms with Gasteiger partial charge in [-0.2, -0.15) is 0 Å². The fourth-order valence-corrected chi connectivity index (χ4v) is 4.67. The van der Waals surface area contributed by atoms with Gasteiger partial charge in [-0.1, -0.05) is 42.5 Å². The zero-order chi connectivity index (χ0) is 24.1. The third kappa shape index (κ3) is 10.1. The molecule has 2 N–H and O–H groups in total. The third-order valence-electron chi connectivity index (χ3n) is 6.38. The fraction of sp³-hybridized carbons (Fsp3) is 0.630. The average Bonchev–Trinajstić information content (AvgIpc) is 3.05. The summed E-state index contributed by atoms with van der Waals surface area (Å²) in [5, 5.41) is 21.0. The maximum absolute atomic E-state index is 11.6. The van der Waals surface area contributed by atoms with E-state index in [2.05, 4.69) is 12.1 Å². The molecule has 5 atom stereocenters. The molecule has 0 spiro atoms. The van der Waals surface area contributed by atoms with Gasteiger partial charge in [-0.15, -0.1) is 0 Å². The lowest BCUT2D eigenvalue weighted by atomic mass is 9.85. The Kier molecular flexibility index (Phi) is 12.2. The summed E-state index contributed by atoms with van der Waals surface area (Å²) in [5.41, 5.74) is 1.20. The largest absolute Gasteiger partial charge is 0.465 e. The molecule has 0 bridgehead atoms. The van der Waals surface area contributed by atoms with Crippen molar-refractivity contribution in [1.82, 2.24) is 0 Å². The summed E-state index contributed by atoms with van der Waals surface area (Å²) < 4.78 is 10.4. The molecule has 1 saturated carbocycles. The first kappa shape index (κ1) is 27.1. The molecule has 0 aliphatic heterocycles. The highest BCUT2D eigenvalue weighted by molar-refractivity contribution is 5.69. The summed E-state index contributed by atoms with van der Waals surface area (Å²) in [7, 11) is 0. The van der Waals surface area contributed by atoms with Crippen molar-refractivity contribution in [3.05, 3.63) is 48.0 Å². The first-order valence-corrected chi connectivity index (χ1v) is 12.2. The van der Waals surface area contributed by atoms with Gasteiger partial charge in [0, 0.05) is 6.42 Å². The highest BCUT2D eigenvalue weighted by Gasteiger charge is 2.40. The second-order valence-corrected chi connectivity index (χ2v) is 9.29. The first-order chi connectivity index (χ1) is 15.9. The molecular weight excluding hydrogens is 420 g/mol. The van der Waals surface area contributed by atoms with Crippen molar-refractivity contribution >= 4 is 12.4 Å². The van der Waals surface area contributed by atoms with Crippen molar-refractivity contribution in [2.24, 2.45) is 11.8 Å². The second-order valence-electron chi connectivity index (χ2n) is 9.29. The third-order valence-corrected chi connectivity index (χ3v) is 6.38. The van der Waals surface area contributed by atoms with E-state index in [1.54, 1.807) is 0 Å². The Morgan fingerprint density at radius 1 is 1.09 bits per heavy atom. The van der Waals surface area contributed by atoms with Crippen molar-refractivity contribution < 1.29 is 29.3 Å². The van der Waals surface area contributed by atoms with Crippen molar-refractivity contribution in [3.63, 3.8) is 0 Å². The molecular formula is C27H40O6. The number of aryl methyl sites for hydroxylation is 1. The molecule has 184 valence electrons. The Bertz CT molecular complexity index is 717. The summed E-state index contributed by atoms with van der Waals surface area (Å²) >= 11 is 0. The number of allylic oxidation sites excluding steroid dienone is 2. The molecule has 0 radical (unpaired) electrons. The van der Waals surface area contributed by atoms with Crippen LogP contribution in [0.4, 0.5) is 0 Å². The van der Waals surface area contributed by atoms with E-state index < -0.39 is 12.2 Å².